The Morgan fingerprint density at radius 2 is 1.96 bits per heavy atom. The number of aromatic nitrogens is 4. The van der Waals surface area contributed by atoms with Gasteiger partial charge in [0.25, 0.3) is 0 Å². The molecule has 2 amide bonds. The number of hydrogen-bond acceptors (Lipinski definition) is 7. The van der Waals surface area contributed by atoms with Gasteiger partial charge in [-0.2, -0.15) is 0 Å². The SMILES string of the molecule is CCNC(=O)Nc1ccc2ncc(-c3ccc(N4CCOCC4)nc3)nc2n1. The van der Waals surface area contributed by atoms with Crippen LogP contribution in [0, 0.1) is 0 Å². The summed E-state index contributed by atoms with van der Waals surface area (Å²) < 4.78 is 5.38. The molecule has 0 spiro atoms. The molecule has 0 saturated carbocycles. The summed E-state index contributed by atoms with van der Waals surface area (Å²) in [7, 11) is 0. The molecule has 28 heavy (non-hydrogen) atoms. The summed E-state index contributed by atoms with van der Waals surface area (Å²) in [5.41, 5.74) is 2.65. The molecule has 4 rings (SSSR count). The van der Waals surface area contributed by atoms with Gasteiger partial charge in [-0.05, 0) is 31.2 Å². The summed E-state index contributed by atoms with van der Waals surface area (Å²) in [6.07, 6.45) is 3.49. The van der Waals surface area contributed by atoms with Gasteiger partial charge in [0.15, 0.2) is 5.65 Å². The number of nitrogens with zero attached hydrogens (tertiary/aromatic N) is 5. The van der Waals surface area contributed by atoms with E-state index in [1.54, 1.807) is 24.5 Å². The summed E-state index contributed by atoms with van der Waals surface area (Å²) in [6.45, 7) is 5.51. The van der Waals surface area contributed by atoms with Crippen LogP contribution >= 0.6 is 0 Å². The normalized spacial score (nSPS) is 14.1. The van der Waals surface area contributed by atoms with Crippen molar-refractivity contribution in [3.63, 3.8) is 0 Å². The van der Waals surface area contributed by atoms with Gasteiger partial charge < -0.3 is 15.0 Å². The maximum Gasteiger partial charge on any atom is 0.320 e. The number of fused-ring (bicyclic) bond motifs is 1. The summed E-state index contributed by atoms with van der Waals surface area (Å²) in [5, 5.41) is 5.35. The van der Waals surface area contributed by atoms with Crippen LogP contribution in [0.5, 0.6) is 0 Å². The highest BCUT2D eigenvalue weighted by molar-refractivity contribution is 5.89. The second-order valence-electron chi connectivity index (χ2n) is 6.28. The lowest BCUT2D eigenvalue weighted by Gasteiger charge is -2.27. The van der Waals surface area contributed by atoms with Crippen molar-refractivity contribution in [1.82, 2.24) is 25.3 Å². The van der Waals surface area contributed by atoms with Crippen LogP contribution in [0.15, 0.2) is 36.7 Å². The monoisotopic (exact) mass is 379 g/mol. The van der Waals surface area contributed by atoms with Crippen LogP contribution in [-0.2, 0) is 4.74 Å². The minimum Gasteiger partial charge on any atom is -0.378 e. The topological polar surface area (TPSA) is 105 Å². The quantitative estimate of drug-likeness (QED) is 0.715. The van der Waals surface area contributed by atoms with Gasteiger partial charge in [0.2, 0.25) is 0 Å². The number of carbonyl (C=O) groups is 1. The van der Waals surface area contributed by atoms with Crippen molar-refractivity contribution in [2.75, 3.05) is 43.1 Å². The maximum atomic E-state index is 11.7. The molecule has 0 bridgehead atoms. The van der Waals surface area contributed by atoms with Crippen LogP contribution in [0.3, 0.4) is 0 Å². The van der Waals surface area contributed by atoms with E-state index in [0.29, 0.717) is 29.2 Å². The highest BCUT2D eigenvalue weighted by Crippen LogP contribution is 2.21. The number of pyridine rings is 2. The van der Waals surface area contributed by atoms with E-state index < -0.39 is 0 Å². The third kappa shape index (κ3) is 3.99. The average Bonchev–Trinajstić information content (AvgIpc) is 2.74. The third-order valence-corrected chi connectivity index (χ3v) is 4.36. The lowest BCUT2D eigenvalue weighted by molar-refractivity contribution is 0.122. The minimum absolute atomic E-state index is 0.304. The van der Waals surface area contributed by atoms with E-state index in [-0.39, 0.29) is 6.03 Å². The summed E-state index contributed by atoms with van der Waals surface area (Å²) >= 11 is 0. The Labute approximate surface area is 162 Å². The first kappa shape index (κ1) is 18.1. The molecule has 3 aromatic heterocycles. The van der Waals surface area contributed by atoms with Gasteiger partial charge in [0.05, 0.1) is 25.1 Å². The molecule has 0 aliphatic carbocycles. The van der Waals surface area contributed by atoms with E-state index in [2.05, 4.69) is 35.5 Å². The standard InChI is InChI=1S/C19H21N7O2/c1-2-20-19(27)25-16-5-4-14-18(24-16)23-15(12-21-14)13-3-6-17(22-11-13)26-7-9-28-10-8-26/h3-6,11-12H,2,7-10H2,1H3,(H2,20,23,24,25,27). The minimum atomic E-state index is -0.304. The molecule has 144 valence electrons. The zero-order chi connectivity index (χ0) is 19.3. The number of ether oxygens (including phenoxy) is 1. The van der Waals surface area contributed by atoms with Crippen molar-refractivity contribution in [2.45, 2.75) is 6.92 Å². The average molecular weight is 379 g/mol. The summed E-state index contributed by atoms with van der Waals surface area (Å²) in [6, 6.07) is 7.13. The number of carbonyl (C=O) groups excluding carboxylic acids is 1. The Balaban J connectivity index is 1.56. The first-order chi connectivity index (χ1) is 13.7. The van der Waals surface area contributed by atoms with Gasteiger partial charge >= 0.3 is 6.03 Å². The Bertz CT molecular complexity index is 972. The van der Waals surface area contributed by atoms with Crippen LogP contribution in [0.4, 0.5) is 16.4 Å². The molecule has 1 aliphatic rings. The molecule has 1 fully saturated rings. The van der Waals surface area contributed by atoms with Crippen LogP contribution in [0.2, 0.25) is 0 Å². The lowest BCUT2D eigenvalue weighted by atomic mass is 10.2. The van der Waals surface area contributed by atoms with Gasteiger partial charge in [-0.3, -0.25) is 10.3 Å². The van der Waals surface area contributed by atoms with Crippen molar-refractivity contribution in [3.05, 3.63) is 36.7 Å². The number of morpholine rings is 1. The fourth-order valence-electron chi connectivity index (χ4n) is 2.94. The molecular formula is C19H21N7O2. The van der Waals surface area contributed by atoms with Gasteiger partial charge in [-0.1, -0.05) is 0 Å². The fraction of sp³-hybridized carbons (Fsp3) is 0.316. The largest absolute Gasteiger partial charge is 0.378 e. The number of urea groups is 1. The summed E-state index contributed by atoms with van der Waals surface area (Å²) in [4.78, 5) is 31.8. The van der Waals surface area contributed by atoms with E-state index in [0.717, 1.165) is 37.7 Å². The van der Waals surface area contributed by atoms with Crippen molar-refractivity contribution in [1.29, 1.82) is 0 Å². The van der Waals surface area contributed by atoms with Gasteiger partial charge in [0, 0.05) is 31.4 Å². The molecule has 0 radical (unpaired) electrons. The predicted molar refractivity (Wildman–Crippen MR) is 106 cm³/mol. The second-order valence-corrected chi connectivity index (χ2v) is 6.28. The van der Waals surface area contributed by atoms with Crippen LogP contribution < -0.4 is 15.5 Å². The van der Waals surface area contributed by atoms with Crippen molar-refractivity contribution in [3.8, 4) is 11.3 Å². The summed E-state index contributed by atoms with van der Waals surface area (Å²) in [5.74, 6) is 1.35. The lowest BCUT2D eigenvalue weighted by Crippen LogP contribution is -2.36. The van der Waals surface area contributed by atoms with E-state index in [4.69, 9.17) is 4.74 Å². The Hall–Kier alpha value is -3.33. The van der Waals surface area contributed by atoms with Crippen LogP contribution in [0.25, 0.3) is 22.4 Å². The van der Waals surface area contributed by atoms with Crippen LogP contribution in [0.1, 0.15) is 6.92 Å². The van der Waals surface area contributed by atoms with Crippen LogP contribution in [-0.4, -0.2) is 58.8 Å². The molecule has 2 N–H and O–H groups in total. The number of hydrogen-bond donors (Lipinski definition) is 2. The number of rotatable bonds is 4. The van der Waals surface area contributed by atoms with E-state index in [1.807, 2.05) is 19.1 Å². The molecule has 1 aliphatic heterocycles. The Kier molecular flexibility index (Phi) is 5.24. The molecule has 3 aromatic rings. The molecule has 9 heteroatoms. The predicted octanol–water partition coefficient (Wildman–Crippen LogP) is 2.06. The Morgan fingerprint density at radius 1 is 1.11 bits per heavy atom. The number of amides is 2. The zero-order valence-corrected chi connectivity index (χ0v) is 15.6. The van der Waals surface area contributed by atoms with Crippen molar-refractivity contribution < 1.29 is 9.53 Å². The first-order valence-corrected chi connectivity index (χ1v) is 9.20. The molecule has 0 unspecified atom stereocenters. The molecule has 9 nitrogen and oxygen atoms in total. The van der Waals surface area contributed by atoms with Crippen molar-refractivity contribution in [2.24, 2.45) is 0 Å². The first-order valence-electron chi connectivity index (χ1n) is 9.20. The highest BCUT2D eigenvalue weighted by Gasteiger charge is 2.13. The van der Waals surface area contributed by atoms with Gasteiger partial charge in [0.1, 0.15) is 17.2 Å². The third-order valence-electron chi connectivity index (χ3n) is 4.36. The maximum absolute atomic E-state index is 11.7. The smallest absolute Gasteiger partial charge is 0.320 e. The van der Waals surface area contributed by atoms with Gasteiger partial charge in [-0.25, -0.2) is 19.7 Å². The Morgan fingerprint density at radius 3 is 2.71 bits per heavy atom. The van der Waals surface area contributed by atoms with E-state index in [9.17, 15) is 4.79 Å². The molecule has 0 aromatic carbocycles. The van der Waals surface area contributed by atoms with E-state index in [1.165, 1.54) is 0 Å². The highest BCUT2D eigenvalue weighted by atomic mass is 16.5. The van der Waals surface area contributed by atoms with E-state index >= 15 is 0 Å². The molecule has 4 heterocycles. The number of anilines is 2. The molecule has 0 atom stereocenters. The molecule has 1 saturated heterocycles. The van der Waals surface area contributed by atoms with Gasteiger partial charge in [-0.15, -0.1) is 0 Å². The zero-order valence-electron chi connectivity index (χ0n) is 15.6. The second kappa shape index (κ2) is 8.13. The molecular weight excluding hydrogens is 358 g/mol. The number of nitrogens with one attached hydrogen (secondary N) is 2. The van der Waals surface area contributed by atoms with Crippen molar-refractivity contribution >= 4 is 28.8 Å². The fourth-order valence-corrected chi connectivity index (χ4v) is 2.94.